The van der Waals surface area contributed by atoms with Crippen LogP contribution >= 0.6 is 0 Å². The summed E-state index contributed by atoms with van der Waals surface area (Å²) in [6, 6.07) is 7.21. The molecule has 4 nitrogen and oxygen atoms in total. The quantitative estimate of drug-likeness (QED) is 0.485. The summed E-state index contributed by atoms with van der Waals surface area (Å²) < 4.78 is 0. The van der Waals surface area contributed by atoms with E-state index in [9.17, 15) is 5.11 Å². The molecule has 0 radical (unpaired) electrons. The van der Waals surface area contributed by atoms with Crippen LogP contribution in [0.4, 0.5) is 0 Å². The molecule has 2 aromatic rings. The van der Waals surface area contributed by atoms with Crippen molar-refractivity contribution in [2.75, 3.05) is 0 Å². The predicted octanol–water partition coefficient (Wildman–Crippen LogP) is 0.904. The highest BCUT2D eigenvalue weighted by Gasteiger charge is 2.04. The highest BCUT2D eigenvalue weighted by atomic mass is 16.3. The Labute approximate surface area is 81.4 Å². The zero-order valence-corrected chi connectivity index (χ0v) is 7.57. The van der Waals surface area contributed by atoms with Crippen LogP contribution in [-0.4, -0.2) is 10.1 Å². The molecule has 0 unspecified atom stereocenters. The molecule has 14 heavy (non-hydrogen) atoms. The maximum atomic E-state index is 9.55. The van der Waals surface area contributed by atoms with E-state index >= 15 is 0 Å². The van der Waals surface area contributed by atoms with Gasteiger partial charge in [-0.05, 0) is 17.7 Å². The SMILES string of the molecule is NNCc1ccc(O)c2ncccc12. The summed E-state index contributed by atoms with van der Waals surface area (Å²) in [5, 5.41) is 10.5. The number of nitrogens with zero attached hydrogens (tertiary/aromatic N) is 1. The number of hydrogen-bond donors (Lipinski definition) is 3. The lowest BCUT2D eigenvalue weighted by Gasteiger charge is -2.06. The zero-order chi connectivity index (χ0) is 9.97. The van der Waals surface area contributed by atoms with Crippen molar-refractivity contribution in [3.63, 3.8) is 0 Å². The maximum Gasteiger partial charge on any atom is 0.141 e. The van der Waals surface area contributed by atoms with E-state index in [-0.39, 0.29) is 5.75 Å². The van der Waals surface area contributed by atoms with Gasteiger partial charge in [0, 0.05) is 18.1 Å². The molecule has 2 rings (SSSR count). The van der Waals surface area contributed by atoms with Gasteiger partial charge >= 0.3 is 0 Å². The lowest BCUT2D eigenvalue weighted by Crippen LogP contribution is -2.20. The van der Waals surface area contributed by atoms with Gasteiger partial charge in [-0.2, -0.15) is 0 Å². The molecule has 0 spiro atoms. The van der Waals surface area contributed by atoms with Crippen molar-refractivity contribution in [3.05, 3.63) is 36.0 Å². The third-order valence-corrected chi connectivity index (χ3v) is 2.13. The van der Waals surface area contributed by atoms with E-state index in [2.05, 4.69) is 10.4 Å². The van der Waals surface area contributed by atoms with Gasteiger partial charge in [-0.25, -0.2) is 0 Å². The molecule has 1 heterocycles. The number of fused-ring (bicyclic) bond motifs is 1. The number of benzene rings is 1. The molecule has 1 aromatic heterocycles. The van der Waals surface area contributed by atoms with Crippen LogP contribution in [0.2, 0.25) is 0 Å². The largest absolute Gasteiger partial charge is 0.506 e. The summed E-state index contributed by atoms with van der Waals surface area (Å²) >= 11 is 0. The number of aromatic hydroxyl groups is 1. The van der Waals surface area contributed by atoms with Crippen molar-refractivity contribution in [2.24, 2.45) is 5.84 Å². The third kappa shape index (κ3) is 1.41. The van der Waals surface area contributed by atoms with Gasteiger partial charge in [0.05, 0.1) is 0 Å². The van der Waals surface area contributed by atoms with Crippen LogP contribution in [0.1, 0.15) is 5.56 Å². The van der Waals surface area contributed by atoms with Crippen LogP contribution in [0.15, 0.2) is 30.5 Å². The lowest BCUT2D eigenvalue weighted by molar-refractivity contribution is 0.480. The Morgan fingerprint density at radius 3 is 3.00 bits per heavy atom. The Morgan fingerprint density at radius 1 is 1.36 bits per heavy atom. The van der Waals surface area contributed by atoms with Crippen LogP contribution in [0.3, 0.4) is 0 Å². The average Bonchev–Trinajstić information content (AvgIpc) is 2.23. The molecule has 1 aromatic carbocycles. The lowest BCUT2D eigenvalue weighted by atomic mass is 10.1. The molecule has 0 amide bonds. The number of phenols is 1. The molecular formula is C10H11N3O. The van der Waals surface area contributed by atoms with Gasteiger partial charge in [-0.3, -0.25) is 16.3 Å². The number of pyridine rings is 1. The van der Waals surface area contributed by atoms with Crippen LogP contribution in [0.25, 0.3) is 10.9 Å². The van der Waals surface area contributed by atoms with E-state index in [1.54, 1.807) is 12.3 Å². The van der Waals surface area contributed by atoms with Gasteiger partial charge < -0.3 is 5.11 Å². The minimum absolute atomic E-state index is 0.196. The van der Waals surface area contributed by atoms with E-state index in [1.165, 1.54) is 0 Å². The molecule has 0 saturated carbocycles. The number of phenolic OH excluding ortho intramolecular Hbond substituents is 1. The Balaban J connectivity index is 2.68. The first-order valence-corrected chi connectivity index (χ1v) is 4.32. The van der Waals surface area contributed by atoms with Crippen molar-refractivity contribution >= 4 is 10.9 Å². The maximum absolute atomic E-state index is 9.55. The molecular weight excluding hydrogens is 178 g/mol. The van der Waals surface area contributed by atoms with Crippen LogP contribution < -0.4 is 11.3 Å². The molecule has 72 valence electrons. The third-order valence-electron chi connectivity index (χ3n) is 2.13. The van der Waals surface area contributed by atoms with E-state index in [1.807, 2.05) is 18.2 Å². The average molecular weight is 189 g/mol. The summed E-state index contributed by atoms with van der Waals surface area (Å²) in [7, 11) is 0. The van der Waals surface area contributed by atoms with Gasteiger partial charge in [0.2, 0.25) is 0 Å². The van der Waals surface area contributed by atoms with Crippen molar-refractivity contribution in [1.82, 2.24) is 10.4 Å². The van der Waals surface area contributed by atoms with Crippen LogP contribution in [-0.2, 0) is 6.54 Å². The van der Waals surface area contributed by atoms with E-state index < -0.39 is 0 Å². The first-order valence-electron chi connectivity index (χ1n) is 4.32. The van der Waals surface area contributed by atoms with Crippen LogP contribution in [0.5, 0.6) is 5.75 Å². The van der Waals surface area contributed by atoms with Crippen LogP contribution in [0, 0.1) is 0 Å². The van der Waals surface area contributed by atoms with Crippen molar-refractivity contribution in [1.29, 1.82) is 0 Å². The van der Waals surface area contributed by atoms with Crippen molar-refractivity contribution in [3.8, 4) is 5.75 Å². The monoisotopic (exact) mass is 189 g/mol. The van der Waals surface area contributed by atoms with Gasteiger partial charge in [0.15, 0.2) is 0 Å². The minimum Gasteiger partial charge on any atom is -0.506 e. The molecule has 0 atom stereocenters. The minimum atomic E-state index is 0.196. The number of aromatic nitrogens is 1. The number of nitrogens with one attached hydrogen (secondary N) is 1. The molecule has 0 bridgehead atoms. The molecule has 0 fully saturated rings. The Morgan fingerprint density at radius 2 is 2.21 bits per heavy atom. The number of hydrogen-bond acceptors (Lipinski definition) is 4. The van der Waals surface area contributed by atoms with Crippen molar-refractivity contribution in [2.45, 2.75) is 6.54 Å². The summed E-state index contributed by atoms with van der Waals surface area (Å²) in [6.45, 7) is 0.558. The number of rotatable bonds is 2. The topological polar surface area (TPSA) is 71.2 Å². The smallest absolute Gasteiger partial charge is 0.141 e. The second kappa shape index (κ2) is 3.61. The standard InChI is InChI=1S/C10H11N3O/c11-13-6-7-3-4-9(14)10-8(7)2-1-5-12-10/h1-5,13-14H,6,11H2. The normalized spacial score (nSPS) is 10.6. The molecule has 0 aliphatic heterocycles. The number of hydrazine groups is 1. The highest BCUT2D eigenvalue weighted by Crippen LogP contribution is 2.24. The summed E-state index contributed by atoms with van der Waals surface area (Å²) in [5.74, 6) is 5.45. The number of nitrogens with two attached hydrogens (primary N) is 1. The van der Waals surface area contributed by atoms with Crippen molar-refractivity contribution < 1.29 is 5.11 Å². The molecule has 0 aliphatic carbocycles. The molecule has 4 heteroatoms. The van der Waals surface area contributed by atoms with Gasteiger partial charge in [-0.15, -0.1) is 0 Å². The summed E-state index contributed by atoms with van der Waals surface area (Å²) in [4.78, 5) is 4.11. The Bertz CT molecular complexity index is 456. The fourth-order valence-electron chi connectivity index (χ4n) is 1.48. The second-order valence-corrected chi connectivity index (χ2v) is 3.02. The predicted molar refractivity (Wildman–Crippen MR) is 54.4 cm³/mol. The van der Waals surface area contributed by atoms with Gasteiger partial charge in [0.25, 0.3) is 0 Å². The fraction of sp³-hybridized carbons (Fsp3) is 0.100. The zero-order valence-electron chi connectivity index (χ0n) is 7.57. The highest BCUT2D eigenvalue weighted by molar-refractivity contribution is 5.87. The first kappa shape index (κ1) is 8.93. The van der Waals surface area contributed by atoms with E-state index in [0.29, 0.717) is 12.1 Å². The fourth-order valence-corrected chi connectivity index (χ4v) is 1.48. The van der Waals surface area contributed by atoms with Gasteiger partial charge in [-0.1, -0.05) is 12.1 Å². The molecule has 0 saturated heterocycles. The summed E-state index contributed by atoms with van der Waals surface area (Å²) in [6.07, 6.45) is 1.65. The second-order valence-electron chi connectivity index (χ2n) is 3.02. The summed E-state index contributed by atoms with van der Waals surface area (Å²) in [5.41, 5.74) is 4.22. The first-order chi connectivity index (χ1) is 6.83. The molecule has 4 N–H and O–H groups in total. The molecule has 0 aliphatic rings. The Hall–Kier alpha value is -1.65. The van der Waals surface area contributed by atoms with E-state index in [4.69, 9.17) is 5.84 Å². The van der Waals surface area contributed by atoms with E-state index in [0.717, 1.165) is 10.9 Å². The van der Waals surface area contributed by atoms with Gasteiger partial charge in [0.1, 0.15) is 11.3 Å². The Kier molecular flexibility index (Phi) is 2.30.